The van der Waals surface area contributed by atoms with E-state index in [0.717, 1.165) is 11.1 Å². The molecule has 2 aromatic rings. The molecule has 8 heteroatoms. The van der Waals surface area contributed by atoms with Crippen LogP contribution >= 0.6 is 23.2 Å². The third kappa shape index (κ3) is 6.84. The van der Waals surface area contributed by atoms with Gasteiger partial charge in [-0.1, -0.05) is 47.0 Å². The minimum absolute atomic E-state index is 0.00751. The molecule has 3 amide bonds. The summed E-state index contributed by atoms with van der Waals surface area (Å²) in [5.41, 5.74) is 2.30. The molecule has 3 rings (SSSR count). The van der Waals surface area contributed by atoms with Crippen LogP contribution in [0.25, 0.3) is 6.08 Å². The van der Waals surface area contributed by atoms with E-state index in [2.05, 4.69) is 10.6 Å². The zero-order valence-corrected chi connectivity index (χ0v) is 19.2. The van der Waals surface area contributed by atoms with Crippen LogP contribution < -0.4 is 10.6 Å². The zero-order chi connectivity index (χ0) is 23.1. The van der Waals surface area contributed by atoms with Gasteiger partial charge in [-0.2, -0.15) is 0 Å². The van der Waals surface area contributed by atoms with E-state index in [9.17, 15) is 14.4 Å². The molecule has 32 heavy (non-hydrogen) atoms. The summed E-state index contributed by atoms with van der Waals surface area (Å²) < 4.78 is 0. The van der Waals surface area contributed by atoms with Gasteiger partial charge in [-0.05, 0) is 55.7 Å². The fraction of sp³-hybridized carbons (Fsp3) is 0.292. The minimum atomic E-state index is -0.266. The highest BCUT2D eigenvalue weighted by Crippen LogP contribution is 2.23. The van der Waals surface area contributed by atoms with Gasteiger partial charge in [0.15, 0.2) is 0 Å². The molecular formula is C24H25Cl2N3O3. The fourth-order valence-electron chi connectivity index (χ4n) is 3.47. The molecule has 1 saturated heterocycles. The van der Waals surface area contributed by atoms with Gasteiger partial charge in [0.05, 0.1) is 16.6 Å². The topological polar surface area (TPSA) is 78.5 Å². The molecule has 2 aromatic carbocycles. The van der Waals surface area contributed by atoms with Gasteiger partial charge in [-0.25, -0.2) is 0 Å². The first-order valence-electron chi connectivity index (χ1n) is 10.4. The second kappa shape index (κ2) is 11.2. The SMILES string of the molecule is Cc1cccc(C(=O)NCC(=O)N2CCC(NC(=O)/C=C/c3ccc(Cl)c(Cl)c3)CC2)c1. The van der Waals surface area contributed by atoms with E-state index in [1.165, 1.54) is 6.08 Å². The van der Waals surface area contributed by atoms with Gasteiger partial charge in [0.2, 0.25) is 11.8 Å². The van der Waals surface area contributed by atoms with Crippen molar-refractivity contribution in [2.24, 2.45) is 0 Å². The Morgan fingerprint density at radius 1 is 1.06 bits per heavy atom. The first kappa shape index (κ1) is 23.8. The standard InChI is InChI=1S/C24H25Cl2N3O3/c1-16-3-2-4-18(13-16)24(32)27-15-23(31)29-11-9-19(10-12-29)28-22(30)8-6-17-5-7-20(25)21(26)14-17/h2-8,13-14,19H,9-12,15H2,1H3,(H,27,32)(H,28,30)/b8-6+. The Balaban J connectivity index is 1.40. The average molecular weight is 474 g/mol. The molecule has 0 aliphatic carbocycles. The van der Waals surface area contributed by atoms with Crippen LogP contribution in [0.3, 0.4) is 0 Å². The summed E-state index contributed by atoms with van der Waals surface area (Å²) in [4.78, 5) is 38.6. The average Bonchev–Trinajstić information content (AvgIpc) is 2.78. The number of piperidine rings is 1. The van der Waals surface area contributed by atoms with Gasteiger partial charge < -0.3 is 15.5 Å². The van der Waals surface area contributed by atoms with Crippen LogP contribution in [-0.4, -0.2) is 48.3 Å². The first-order valence-corrected chi connectivity index (χ1v) is 11.1. The van der Waals surface area contributed by atoms with Crippen molar-refractivity contribution in [2.75, 3.05) is 19.6 Å². The fourth-order valence-corrected chi connectivity index (χ4v) is 3.77. The van der Waals surface area contributed by atoms with Crippen molar-refractivity contribution >= 4 is 47.0 Å². The van der Waals surface area contributed by atoms with Crippen LogP contribution in [-0.2, 0) is 9.59 Å². The van der Waals surface area contributed by atoms with Crippen molar-refractivity contribution in [3.63, 3.8) is 0 Å². The third-order valence-electron chi connectivity index (χ3n) is 5.25. The summed E-state index contributed by atoms with van der Waals surface area (Å²) in [6.07, 6.45) is 4.44. The van der Waals surface area contributed by atoms with Crippen molar-refractivity contribution in [1.29, 1.82) is 0 Å². The molecule has 1 fully saturated rings. The Bertz CT molecular complexity index is 1030. The van der Waals surface area contributed by atoms with Crippen LogP contribution in [0.1, 0.15) is 34.3 Å². The van der Waals surface area contributed by atoms with Crippen LogP contribution in [0.2, 0.25) is 10.0 Å². The highest BCUT2D eigenvalue weighted by Gasteiger charge is 2.23. The lowest BCUT2D eigenvalue weighted by Crippen LogP contribution is -2.48. The van der Waals surface area contributed by atoms with Gasteiger partial charge in [0.25, 0.3) is 5.91 Å². The highest BCUT2D eigenvalue weighted by atomic mass is 35.5. The van der Waals surface area contributed by atoms with E-state index >= 15 is 0 Å². The highest BCUT2D eigenvalue weighted by molar-refractivity contribution is 6.42. The number of likely N-dealkylation sites (tertiary alicyclic amines) is 1. The molecule has 0 atom stereocenters. The number of aryl methyl sites for hydroxylation is 1. The summed E-state index contributed by atoms with van der Waals surface area (Å²) in [7, 11) is 0. The lowest BCUT2D eigenvalue weighted by molar-refractivity contribution is -0.131. The smallest absolute Gasteiger partial charge is 0.251 e. The molecular weight excluding hydrogens is 449 g/mol. The Morgan fingerprint density at radius 2 is 1.81 bits per heavy atom. The summed E-state index contributed by atoms with van der Waals surface area (Å²) >= 11 is 11.9. The Kier molecular flexibility index (Phi) is 8.31. The second-order valence-corrected chi connectivity index (χ2v) is 8.54. The molecule has 6 nitrogen and oxygen atoms in total. The number of carbonyl (C=O) groups is 3. The van der Waals surface area contributed by atoms with Crippen LogP contribution in [0.15, 0.2) is 48.5 Å². The summed E-state index contributed by atoms with van der Waals surface area (Å²) in [6.45, 7) is 2.92. The van der Waals surface area contributed by atoms with Crippen molar-refractivity contribution in [2.45, 2.75) is 25.8 Å². The molecule has 1 aliphatic heterocycles. The van der Waals surface area contributed by atoms with Crippen molar-refractivity contribution < 1.29 is 14.4 Å². The van der Waals surface area contributed by atoms with E-state index in [-0.39, 0.29) is 30.3 Å². The lowest BCUT2D eigenvalue weighted by atomic mass is 10.0. The predicted octanol–water partition coefficient (Wildman–Crippen LogP) is 3.85. The van der Waals surface area contributed by atoms with Gasteiger partial charge in [-0.15, -0.1) is 0 Å². The van der Waals surface area contributed by atoms with Crippen molar-refractivity contribution in [3.8, 4) is 0 Å². The first-order chi connectivity index (χ1) is 15.3. The minimum Gasteiger partial charge on any atom is -0.350 e. The quantitative estimate of drug-likeness (QED) is 0.625. The molecule has 0 aromatic heterocycles. The Labute approximate surface area is 197 Å². The maximum atomic E-state index is 12.4. The third-order valence-corrected chi connectivity index (χ3v) is 5.98. The summed E-state index contributed by atoms with van der Waals surface area (Å²) in [5, 5.41) is 6.53. The van der Waals surface area contributed by atoms with Crippen molar-refractivity contribution in [1.82, 2.24) is 15.5 Å². The summed E-state index contributed by atoms with van der Waals surface area (Å²) in [5.74, 6) is -0.598. The Hall–Kier alpha value is -2.83. The molecule has 1 heterocycles. The predicted molar refractivity (Wildman–Crippen MR) is 127 cm³/mol. The number of halogens is 2. The molecule has 168 valence electrons. The molecule has 0 spiro atoms. The summed E-state index contributed by atoms with van der Waals surface area (Å²) in [6, 6.07) is 12.4. The van der Waals surface area contributed by atoms with Crippen LogP contribution in [0, 0.1) is 6.92 Å². The molecule has 1 aliphatic rings. The Morgan fingerprint density at radius 3 is 2.50 bits per heavy atom. The number of hydrogen-bond acceptors (Lipinski definition) is 3. The maximum absolute atomic E-state index is 12.4. The molecule has 2 N–H and O–H groups in total. The van der Waals surface area contributed by atoms with E-state index < -0.39 is 0 Å². The normalized spacial score (nSPS) is 14.4. The molecule has 0 saturated carbocycles. The van der Waals surface area contributed by atoms with Gasteiger partial charge in [-0.3, -0.25) is 14.4 Å². The number of nitrogens with one attached hydrogen (secondary N) is 2. The van der Waals surface area contributed by atoms with E-state index in [4.69, 9.17) is 23.2 Å². The van der Waals surface area contributed by atoms with E-state index in [1.807, 2.05) is 19.1 Å². The number of benzene rings is 2. The van der Waals surface area contributed by atoms with E-state index in [1.54, 1.807) is 41.3 Å². The maximum Gasteiger partial charge on any atom is 0.251 e. The van der Waals surface area contributed by atoms with Crippen LogP contribution in [0.4, 0.5) is 0 Å². The largest absolute Gasteiger partial charge is 0.350 e. The molecule has 0 radical (unpaired) electrons. The number of amides is 3. The second-order valence-electron chi connectivity index (χ2n) is 7.72. The van der Waals surface area contributed by atoms with E-state index in [0.29, 0.717) is 41.5 Å². The molecule has 0 bridgehead atoms. The lowest BCUT2D eigenvalue weighted by Gasteiger charge is -2.32. The molecule has 0 unspecified atom stereocenters. The number of nitrogens with zero attached hydrogens (tertiary/aromatic N) is 1. The van der Waals surface area contributed by atoms with Gasteiger partial charge >= 0.3 is 0 Å². The number of carbonyl (C=O) groups excluding carboxylic acids is 3. The van der Waals surface area contributed by atoms with Crippen molar-refractivity contribution in [3.05, 3.63) is 75.3 Å². The number of rotatable bonds is 6. The monoisotopic (exact) mass is 473 g/mol. The van der Waals surface area contributed by atoms with Gasteiger partial charge in [0, 0.05) is 30.8 Å². The van der Waals surface area contributed by atoms with Gasteiger partial charge in [0.1, 0.15) is 0 Å². The number of hydrogen-bond donors (Lipinski definition) is 2. The van der Waals surface area contributed by atoms with Crippen LogP contribution in [0.5, 0.6) is 0 Å². The zero-order valence-electron chi connectivity index (χ0n) is 17.7.